The lowest BCUT2D eigenvalue weighted by atomic mass is 10.2. The molecule has 0 fully saturated rings. The van der Waals surface area contributed by atoms with Gasteiger partial charge in [0.25, 0.3) is 5.56 Å². The van der Waals surface area contributed by atoms with Crippen LogP contribution in [-0.2, 0) is 20.6 Å². The molecule has 3 heterocycles. The number of nitrogens with zero attached hydrogens (tertiary/aromatic N) is 6. The fourth-order valence-corrected chi connectivity index (χ4v) is 3.24. The molecule has 0 aliphatic heterocycles. The first kappa shape index (κ1) is 17.3. The lowest BCUT2D eigenvalue weighted by Gasteiger charge is -2.07. The van der Waals surface area contributed by atoms with Crippen LogP contribution in [0.2, 0.25) is 0 Å². The second-order valence-corrected chi connectivity index (χ2v) is 6.57. The van der Waals surface area contributed by atoms with Crippen molar-refractivity contribution in [3.63, 3.8) is 0 Å². The van der Waals surface area contributed by atoms with Gasteiger partial charge in [0, 0.05) is 19.7 Å². The Hall–Kier alpha value is -3.08. The topological polar surface area (TPSA) is 101 Å². The van der Waals surface area contributed by atoms with E-state index in [2.05, 4.69) is 31.1 Å². The Kier molecular flexibility index (Phi) is 4.02. The second kappa shape index (κ2) is 6.27. The van der Waals surface area contributed by atoms with Crippen LogP contribution in [0.5, 0.6) is 0 Å². The van der Waals surface area contributed by atoms with E-state index in [0.717, 1.165) is 4.57 Å². The van der Waals surface area contributed by atoms with Crippen LogP contribution >= 0.6 is 15.9 Å². The van der Waals surface area contributed by atoms with Crippen molar-refractivity contribution in [3.05, 3.63) is 61.5 Å². The minimum atomic E-state index is -0.495. The summed E-state index contributed by atoms with van der Waals surface area (Å²) in [6.45, 7) is 0.0890. The van der Waals surface area contributed by atoms with Crippen molar-refractivity contribution >= 4 is 27.1 Å². The molecule has 0 spiro atoms. The zero-order valence-corrected chi connectivity index (χ0v) is 15.8. The molecule has 138 valence electrons. The van der Waals surface area contributed by atoms with Crippen molar-refractivity contribution in [2.45, 2.75) is 6.54 Å². The summed E-state index contributed by atoms with van der Waals surface area (Å²) in [6, 6.07) is 5.69. The summed E-state index contributed by atoms with van der Waals surface area (Å²) in [4.78, 5) is 33.0. The maximum absolute atomic E-state index is 13.0. The largest absolute Gasteiger partial charge is 0.337 e. The summed E-state index contributed by atoms with van der Waals surface area (Å²) in [5.74, 6) is 0.177. The third kappa shape index (κ3) is 2.79. The van der Waals surface area contributed by atoms with Gasteiger partial charge in [0.2, 0.25) is 11.7 Å². The van der Waals surface area contributed by atoms with Gasteiger partial charge in [-0.3, -0.25) is 18.5 Å². The minimum Gasteiger partial charge on any atom is -0.337 e. The minimum absolute atomic E-state index is 0.0890. The highest BCUT2D eigenvalue weighted by Gasteiger charge is 2.20. The normalized spacial score (nSPS) is 11.4. The van der Waals surface area contributed by atoms with Gasteiger partial charge in [-0.15, -0.1) is 0 Å². The van der Waals surface area contributed by atoms with Crippen LogP contribution < -0.4 is 11.2 Å². The number of imidazole rings is 1. The highest BCUT2D eigenvalue weighted by atomic mass is 79.9. The number of aryl methyl sites for hydroxylation is 1. The molecule has 0 bridgehead atoms. The van der Waals surface area contributed by atoms with Crippen molar-refractivity contribution in [1.29, 1.82) is 0 Å². The van der Waals surface area contributed by atoms with Crippen molar-refractivity contribution in [1.82, 2.24) is 28.8 Å². The van der Waals surface area contributed by atoms with Gasteiger partial charge in [0.1, 0.15) is 12.4 Å². The number of fused-ring (bicyclic) bond motifs is 1. The lowest BCUT2D eigenvalue weighted by Crippen LogP contribution is -2.37. The second-order valence-electron chi connectivity index (χ2n) is 5.86. The van der Waals surface area contributed by atoms with Crippen molar-refractivity contribution in [3.8, 4) is 11.4 Å². The number of hydrogen-bond donors (Lipinski definition) is 0. The van der Waals surface area contributed by atoms with E-state index in [1.165, 1.54) is 23.7 Å². The first-order chi connectivity index (χ1) is 12.9. The van der Waals surface area contributed by atoms with Gasteiger partial charge in [-0.2, -0.15) is 4.98 Å². The predicted octanol–water partition coefficient (Wildman–Crippen LogP) is 1.43. The predicted molar refractivity (Wildman–Crippen MR) is 96.7 cm³/mol. The molecule has 0 saturated heterocycles. The Labute approximate surface area is 158 Å². The van der Waals surface area contributed by atoms with Crippen LogP contribution in [0.15, 0.2) is 43.1 Å². The molecule has 9 nitrogen and oxygen atoms in total. The van der Waals surface area contributed by atoms with Crippen LogP contribution in [0.1, 0.15) is 5.89 Å². The van der Waals surface area contributed by atoms with Gasteiger partial charge in [0.15, 0.2) is 15.9 Å². The molecule has 11 heteroatoms. The summed E-state index contributed by atoms with van der Waals surface area (Å²) in [7, 11) is 2.94. The van der Waals surface area contributed by atoms with E-state index in [1.807, 2.05) is 0 Å². The number of halogens is 2. The third-order valence-electron chi connectivity index (χ3n) is 4.16. The summed E-state index contributed by atoms with van der Waals surface area (Å²) >= 11 is 3.30. The molecule has 27 heavy (non-hydrogen) atoms. The Bertz CT molecular complexity index is 1280. The molecule has 0 aliphatic carbocycles. The van der Waals surface area contributed by atoms with Crippen LogP contribution in [-0.4, -0.2) is 28.8 Å². The van der Waals surface area contributed by atoms with Crippen LogP contribution in [0.25, 0.3) is 22.6 Å². The van der Waals surface area contributed by atoms with E-state index in [9.17, 15) is 14.0 Å². The number of aromatic nitrogens is 6. The van der Waals surface area contributed by atoms with E-state index in [4.69, 9.17) is 4.52 Å². The average Bonchev–Trinajstić information content (AvgIpc) is 3.24. The van der Waals surface area contributed by atoms with Gasteiger partial charge in [-0.05, 0) is 40.2 Å². The highest BCUT2D eigenvalue weighted by Crippen LogP contribution is 2.20. The summed E-state index contributed by atoms with van der Waals surface area (Å²) in [5.41, 5.74) is 0.104. The van der Waals surface area contributed by atoms with Gasteiger partial charge >= 0.3 is 5.69 Å². The summed E-state index contributed by atoms with van der Waals surface area (Å²) in [6.07, 6.45) is 0. The molecule has 0 radical (unpaired) electrons. The van der Waals surface area contributed by atoms with E-state index < -0.39 is 11.2 Å². The first-order valence-electron chi connectivity index (χ1n) is 7.77. The molecule has 0 aliphatic rings. The first-order valence-corrected chi connectivity index (χ1v) is 8.56. The zero-order valence-electron chi connectivity index (χ0n) is 14.2. The standard InChI is InChI=1S/C16H12BrFN6O3/c1-22-13-11(14(25)23(2)16(22)26)20-15(17)24(13)7-10-19-12(21-27-10)8-3-5-9(18)6-4-8/h3-6H,7H2,1-2H3. The van der Waals surface area contributed by atoms with Crippen LogP contribution in [0.4, 0.5) is 4.39 Å². The van der Waals surface area contributed by atoms with Crippen molar-refractivity contribution < 1.29 is 8.91 Å². The number of benzene rings is 1. The molecule has 0 unspecified atom stereocenters. The maximum atomic E-state index is 13.0. The Balaban J connectivity index is 1.79. The van der Waals surface area contributed by atoms with E-state index in [-0.39, 0.29) is 23.8 Å². The number of rotatable bonds is 3. The fourth-order valence-electron chi connectivity index (χ4n) is 2.77. The molecule has 0 amide bonds. The van der Waals surface area contributed by atoms with E-state index >= 15 is 0 Å². The molecule has 1 aromatic carbocycles. The highest BCUT2D eigenvalue weighted by molar-refractivity contribution is 9.10. The molecule has 3 aromatic heterocycles. The Morgan fingerprint density at radius 1 is 1.11 bits per heavy atom. The quantitative estimate of drug-likeness (QED) is 0.452. The van der Waals surface area contributed by atoms with Crippen molar-refractivity contribution in [2.24, 2.45) is 14.1 Å². The fraction of sp³-hybridized carbons (Fsp3) is 0.188. The average molecular weight is 435 g/mol. The third-order valence-corrected chi connectivity index (χ3v) is 4.76. The molecule has 4 aromatic rings. The van der Waals surface area contributed by atoms with Gasteiger partial charge in [-0.1, -0.05) is 5.16 Å². The maximum Gasteiger partial charge on any atom is 0.332 e. The molecule has 0 atom stereocenters. The number of hydrogen-bond acceptors (Lipinski definition) is 6. The van der Waals surface area contributed by atoms with Gasteiger partial charge in [-0.25, -0.2) is 14.2 Å². The molecule has 0 saturated carbocycles. The Morgan fingerprint density at radius 3 is 2.52 bits per heavy atom. The monoisotopic (exact) mass is 434 g/mol. The van der Waals surface area contributed by atoms with Gasteiger partial charge < -0.3 is 4.52 Å². The SMILES string of the molecule is Cn1c(=O)c2nc(Br)n(Cc3nc(-c4ccc(F)cc4)no3)c2n(C)c1=O. The van der Waals surface area contributed by atoms with Crippen molar-refractivity contribution in [2.75, 3.05) is 0 Å². The van der Waals surface area contributed by atoms with Crippen LogP contribution in [0, 0.1) is 5.82 Å². The molecular formula is C16H12BrFN6O3. The van der Waals surface area contributed by atoms with Crippen LogP contribution in [0.3, 0.4) is 0 Å². The molecule has 0 N–H and O–H groups in total. The Morgan fingerprint density at radius 2 is 1.81 bits per heavy atom. The van der Waals surface area contributed by atoms with E-state index in [0.29, 0.717) is 21.8 Å². The molecular weight excluding hydrogens is 423 g/mol. The summed E-state index contributed by atoms with van der Waals surface area (Å²) < 4.78 is 22.5. The van der Waals surface area contributed by atoms with Gasteiger partial charge in [0.05, 0.1) is 0 Å². The smallest absolute Gasteiger partial charge is 0.332 e. The molecule has 4 rings (SSSR count). The lowest BCUT2D eigenvalue weighted by molar-refractivity contribution is 0.371. The zero-order chi connectivity index (χ0) is 19.3. The van der Waals surface area contributed by atoms with E-state index in [1.54, 1.807) is 23.7 Å². The summed E-state index contributed by atoms with van der Waals surface area (Å²) in [5, 5.41) is 3.89.